The zero-order valence-electron chi connectivity index (χ0n) is 14.9. The number of halogens is 1. The highest BCUT2D eigenvalue weighted by Crippen LogP contribution is 2.34. The molecule has 1 aromatic rings. The molecular weight excluding hydrogens is 338 g/mol. The van der Waals surface area contributed by atoms with Crippen LogP contribution < -0.4 is 4.74 Å². The van der Waals surface area contributed by atoms with E-state index in [1.807, 2.05) is 24.3 Å². The summed E-state index contributed by atoms with van der Waals surface area (Å²) >= 11 is 6.52. The van der Waals surface area contributed by atoms with E-state index in [0.29, 0.717) is 5.75 Å². The molecule has 0 aliphatic carbocycles. The molecule has 1 aromatic carbocycles. The number of amides is 1. The largest absolute Gasteiger partial charge is 0.419 e. The highest BCUT2D eigenvalue weighted by atomic mass is 35.5. The second-order valence-corrected chi connectivity index (χ2v) is 12.5. The van der Waals surface area contributed by atoms with Crippen LogP contribution in [0.5, 0.6) is 5.75 Å². The van der Waals surface area contributed by atoms with E-state index in [0.717, 1.165) is 24.3 Å². The number of carbonyl (C=O) groups excluding carboxylic acids is 1. The standard InChI is InChI=1S/C19H26ClNO2Si/c1-5-6-12-17-18(24(2,3)4)16(20)13-14-21(17)19(22)23-15-10-8-7-9-11-15/h7-11,13-14,17H,5-6,12H2,1-4H3. The average molecular weight is 364 g/mol. The fourth-order valence-electron chi connectivity index (χ4n) is 3.01. The number of allylic oxidation sites excluding steroid dienone is 2. The number of carbonyl (C=O) groups is 1. The molecular formula is C19H26ClNO2Si. The van der Waals surface area contributed by atoms with Crippen molar-refractivity contribution in [3.8, 4) is 5.75 Å². The van der Waals surface area contributed by atoms with Gasteiger partial charge in [-0.05, 0) is 29.8 Å². The number of hydrogen-bond acceptors (Lipinski definition) is 2. The first kappa shape index (κ1) is 18.8. The Balaban J connectivity index is 2.27. The lowest BCUT2D eigenvalue weighted by Crippen LogP contribution is -2.47. The van der Waals surface area contributed by atoms with Crippen molar-refractivity contribution in [2.24, 2.45) is 0 Å². The lowest BCUT2D eigenvalue weighted by Gasteiger charge is -2.38. The Morgan fingerprint density at radius 3 is 2.50 bits per heavy atom. The third-order valence-electron chi connectivity index (χ3n) is 4.11. The molecule has 0 N–H and O–H groups in total. The minimum Gasteiger partial charge on any atom is -0.410 e. The maximum Gasteiger partial charge on any atom is 0.419 e. The zero-order valence-corrected chi connectivity index (χ0v) is 16.6. The van der Waals surface area contributed by atoms with Crippen LogP contribution in [0.1, 0.15) is 26.2 Å². The highest BCUT2D eigenvalue weighted by Gasteiger charge is 2.37. The predicted molar refractivity (Wildman–Crippen MR) is 103 cm³/mol. The van der Waals surface area contributed by atoms with E-state index in [-0.39, 0.29) is 12.1 Å². The first-order valence-electron chi connectivity index (χ1n) is 8.48. The maximum atomic E-state index is 12.7. The lowest BCUT2D eigenvalue weighted by atomic mass is 10.1. The van der Waals surface area contributed by atoms with Gasteiger partial charge in [0.25, 0.3) is 0 Å². The molecule has 0 aromatic heterocycles. The molecule has 0 spiro atoms. The molecule has 24 heavy (non-hydrogen) atoms. The van der Waals surface area contributed by atoms with Crippen molar-refractivity contribution >= 4 is 25.8 Å². The van der Waals surface area contributed by atoms with Gasteiger partial charge in [0.15, 0.2) is 0 Å². The first-order chi connectivity index (χ1) is 11.3. The molecule has 1 heterocycles. The van der Waals surface area contributed by atoms with E-state index in [1.54, 1.807) is 23.2 Å². The van der Waals surface area contributed by atoms with Gasteiger partial charge >= 0.3 is 6.09 Å². The van der Waals surface area contributed by atoms with Crippen molar-refractivity contribution in [3.05, 3.63) is 52.8 Å². The smallest absolute Gasteiger partial charge is 0.410 e. The number of ether oxygens (including phenoxy) is 1. The summed E-state index contributed by atoms with van der Waals surface area (Å²) in [6.45, 7) is 8.96. The second-order valence-electron chi connectivity index (χ2n) is 7.07. The van der Waals surface area contributed by atoms with E-state index < -0.39 is 8.07 Å². The van der Waals surface area contributed by atoms with Gasteiger partial charge in [0.1, 0.15) is 5.75 Å². The van der Waals surface area contributed by atoms with Crippen LogP contribution in [0.25, 0.3) is 0 Å². The quantitative estimate of drug-likeness (QED) is 0.605. The SMILES string of the molecule is CCCCC1C([Si](C)(C)C)=C(Cl)C=CN1C(=O)Oc1ccccc1. The molecule has 1 aliphatic heterocycles. The van der Waals surface area contributed by atoms with Gasteiger partial charge in [-0.2, -0.15) is 0 Å². The predicted octanol–water partition coefficient (Wildman–Crippen LogP) is 5.94. The minimum absolute atomic E-state index is 0.00895. The van der Waals surface area contributed by atoms with Crippen LogP contribution in [0.4, 0.5) is 4.79 Å². The lowest BCUT2D eigenvalue weighted by molar-refractivity contribution is 0.158. The molecule has 0 fully saturated rings. The van der Waals surface area contributed by atoms with Gasteiger partial charge < -0.3 is 4.74 Å². The molecule has 0 saturated carbocycles. The summed E-state index contributed by atoms with van der Waals surface area (Å²) in [7, 11) is -1.67. The summed E-state index contributed by atoms with van der Waals surface area (Å²) in [6.07, 6.45) is 6.27. The van der Waals surface area contributed by atoms with Crippen molar-refractivity contribution in [1.29, 1.82) is 0 Å². The number of para-hydroxylation sites is 1. The van der Waals surface area contributed by atoms with Gasteiger partial charge in [0, 0.05) is 11.2 Å². The van der Waals surface area contributed by atoms with Crippen LogP contribution in [-0.4, -0.2) is 25.1 Å². The molecule has 1 amide bonds. The summed E-state index contributed by atoms with van der Waals surface area (Å²) in [5.41, 5.74) is 0. The summed E-state index contributed by atoms with van der Waals surface area (Å²) in [4.78, 5) is 14.4. The van der Waals surface area contributed by atoms with Gasteiger partial charge in [0.05, 0.1) is 14.1 Å². The van der Waals surface area contributed by atoms with Crippen LogP contribution in [0, 0.1) is 0 Å². The molecule has 1 atom stereocenters. The third kappa shape index (κ3) is 4.52. The monoisotopic (exact) mass is 363 g/mol. The molecule has 130 valence electrons. The van der Waals surface area contributed by atoms with Gasteiger partial charge in [-0.1, -0.05) is 69.2 Å². The topological polar surface area (TPSA) is 29.5 Å². The maximum absolute atomic E-state index is 12.7. The molecule has 2 rings (SSSR count). The number of hydrogen-bond donors (Lipinski definition) is 0. The van der Waals surface area contributed by atoms with Crippen molar-refractivity contribution < 1.29 is 9.53 Å². The molecule has 0 bridgehead atoms. The molecule has 5 heteroatoms. The van der Waals surface area contributed by atoms with Crippen LogP contribution in [0.2, 0.25) is 19.6 Å². The summed E-state index contributed by atoms with van der Waals surface area (Å²) in [5, 5.41) is 2.02. The van der Waals surface area contributed by atoms with Crippen molar-refractivity contribution in [2.45, 2.75) is 51.9 Å². The van der Waals surface area contributed by atoms with E-state index in [9.17, 15) is 4.79 Å². The number of benzene rings is 1. The van der Waals surface area contributed by atoms with Gasteiger partial charge in [-0.3, -0.25) is 4.90 Å². The van der Waals surface area contributed by atoms with Crippen LogP contribution in [0.3, 0.4) is 0 Å². The van der Waals surface area contributed by atoms with E-state index in [1.165, 1.54) is 5.20 Å². The number of unbranched alkanes of at least 4 members (excludes halogenated alkanes) is 1. The Bertz CT molecular complexity index is 635. The third-order valence-corrected chi connectivity index (χ3v) is 6.81. The molecule has 0 radical (unpaired) electrons. The molecule has 1 unspecified atom stereocenters. The Hall–Kier alpha value is -1.52. The molecule has 0 saturated heterocycles. The Morgan fingerprint density at radius 2 is 1.92 bits per heavy atom. The van der Waals surface area contributed by atoms with Crippen molar-refractivity contribution in [3.63, 3.8) is 0 Å². The van der Waals surface area contributed by atoms with E-state index >= 15 is 0 Å². The average Bonchev–Trinajstić information content (AvgIpc) is 2.52. The van der Waals surface area contributed by atoms with Crippen molar-refractivity contribution in [2.75, 3.05) is 0 Å². The van der Waals surface area contributed by atoms with Crippen LogP contribution in [0.15, 0.2) is 52.8 Å². The summed E-state index contributed by atoms with van der Waals surface area (Å²) in [5.74, 6) is 0.556. The van der Waals surface area contributed by atoms with E-state index in [4.69, 9.17) is 16.3 Å². The van der Waals surface area contributed by atoms with Gasteiger partial charge in [-0.25, -0.2) is 4.79 Å². The number of rotatable bonds is 5. The Labute approximate surface area is 151 Å². The van der Waals surface area contributed by atoms with Gasteiger partial charge in [0.2, 0.25) is 0 Å². The van der Waals surface area contributed by atoms with Crippen LogP contribution in [-0.2, 0) is 0 Å². The second kappa shape index (κ2) is 8.04. The Kier molecular flexibility index (Phi) is 6.30. The summed E-state index contributed by atoms with van der Waals surface area (Å²) in [6, 6.07) is 9.17. The fraction of sp³-hybridized carbons (Fsp3) is 0.421. The molecule has 1 aliphatic rings. The fourth-order valence-corrected chi connectivity index (χ4v) is 6.12. The Morgan fingerprint density at radius 1 is 1.25 bits per heavy atom. The first-order valence-corrected chi connectivity index (χ1v) is 12.4. The van der Waals surface area contributed by atoms with E-state index in [2.05, 4.69) is 26.6 Å². The summed E-state index contributed by atoms with van der Waals surface area (Å²) < 4.78 is 5.55. The highest BCUT2D eigenvalue weighted by molar-refractivity contribution is 6.84. The zero-order chi connectivity index (χ0) is 17.7. The normalized spacial score (nSPS) is 18.0. The van der Waals surface area contributed by atoms with Gasteiger partial charge in [-0.15, -0.1) is 0 Å². The van der Waals surface area contributed by atoms with Crippen LogP contribution >= 0.6 is 11.6 Å². The minimum atomic E-state index is -1.67. The van der Waals surface area contributed by atoms with Crippen molar-refractivity contribution in [1.82, 2.24) is 4.90 Å². The molecule has 3 nitrogen and oxygen atoms in total. The number of nitrogens with zero attached hydrogens (tertiary/aromatic N) is 1.